The van der Waals surface area contributed by atoms with E-state index in [-0.39, 0.29) is 11.0 Å². The Labute approximate surface area is 165 Å². The molecular weight excluding hydrogens is 422 g/mol. The fraction of sp³-hybridized carbons (Fsp3) is 0.222. The van der Waals surface area contributed by atoms with Crippen LogP contribution >= 0.6 is 39.7 Å². The normalized spacial score (nSPS) is 13.6. The topological polar surface area (TPSA) is 44.4 Å². The average molecular weight is 439 g/mol. The van der Waals surface area contributed by atoms with Gasteiger partial charge in [-0.2, -0.15) is 0 Å². The Kier molecular flexibility index (Phi) is 5.93. The molecule has 1 aliphatic rings. The van der Waals surface area contributed by atoms with Crippen molar-refractivity contribution in [2.45, 2.75) is 12.8 Å². The van der Waals surface area contributed by atoms with Crippen LogP contribution in [0.1, 0.15) is 23.2 Å². The average Bonchev–Trinajstić information content (AvgIpc) is 3.12. The van der Waals surface area contributed by atoms with Gasteiger partial charge in [-0.15, -0.1) is 0 Å². The van der Waals surface area contributed by atoms with Crippen LogP contribution in [0.25, 0.3) is 0 Å². The highest BCUT2D eigenvalue weighted by atomic mass is 79.9. The van der Waals surface area contributed by atoms with E-state index in [1.165, 1.54) is 18.5 Å². The van der Waals surface area contributed by atoms with Crippen LogP contribution < -0.4 is 15.5 Å². The molecule has 1 amide bonds. The standard InChI is InChI=1S/C18H17BrClN3OS/c19-12-3-8-16(20)15(11-12)17(24)22-18(25)21-13-4-6-14(7-5-13)23-9-1-2-10-23/h3-8,11H,1-2,9-10H2,(H2,21,22,24,25). The molecule has 1 aliphatic heterocycles. The minimum absolute atomic E-state index is 0.231. The number of carbonyl (C=O) groups excluding carboxylic acids is 1. The second-order valence-corrected chi connectivity index (χ2v) is 7.50. The van der Waals surface area contributed by atoms with E-state index < -0.39 is 0 Å². The highest BCUT2D eigenvalue weighted by molar-refractivity contribution is 9.10. The van der Waals surface area contributed by atoms with Crippen LogP contribution in [0, 0.1) is 0 Å². The lowest BCUT2D eigenvalue weighted by Crippen LogP contribution is -2.34. The molecule has 25 heavy (non-hydrogen) atoms. The van der Waals surface area contributed by atoms with Gasteiger partial charge in [-0.3, -0.25) is 10.1 Å². The number of halogens is 2. The molecule has 2 aromatic rings. The van der Waals surface area contributed by atoms with E-state index in [9.17, 15) is 4.79 Å². The third-order valence-electron chi connectivity index (χ3n) is 4.00. The molecule has 4 nitrogen and oxygen atoms in total. The SMILES string of the molecule is O=C(NC(=S)Nc1ccc(N2CCCC2)cc1)c1cc(Br)ccc1Cl. The molecule has 0 unspecified atom stereocenters. The van der Waals surface area contributed by atoms with Gasteiger partial charge >= 0.3 is 0 Å². The first-order chi connectivity index (χ1) is 12.0. The maximum Gasteiger partial charge on any atom is 0.258 e. The molecule has 0 atom stereocenters. The van der Waals surface area contributed by atoms with E-state index in [0.29, 0.717) is 10.6 Å². The number of thiocarbonyl (C=S) groups is 1. The molecular formula is C18H17BrClN3OS. The smallest absolute Gasteiger partial charge is 0.258 e. The van der Waals surface area contributed by atoms with E-state index in [2.05, 4.69) is 43.6 Å². The Morgan fingerprint density at radius 3 is 2.48 bits per heavy atom. The Hall–Kier alpha value is -1.63. The minimum atomic E-state index is -0.350. The molecule has 0 aliphatic carbocycles. The molecule has 1 heterocycles. The van der Waals surface area contributed by atoms with Crippen molar-refractivity contribution in [3.63, 3.8) is 0 Å². The van der Waals surface area contributed by atoms with E-state index in [1.54, 1.807) is 18.2 Å². The Bertz CT molecular complexity index is 791. The van der Waals surface area contributed by atoms with Crippen molar-refractivity contribution in [1.29, 1.82) is 0 Å². The van der Waals surface area contributed by atoms with Crippen LogP contribution in [0.4, 0.5) is 11.4 Å². The summed E-state index contributed by atoms with van der Waals surface area (Å²) in [5.74, 6) is -0.350. The summed E-state index contributed by atoms with van der Waals surface area (Å²) in [6.07, 6.45) is 2.49. The monoisotopic (exact) mass is 437 g/mol. The molecule has 0 aromatic heterocycles. The molecule has 0 radical (unpaired) electrons. The number of benzene rings is 2. The lowest BCUT2D eigenvalue weighted by Gasteiger charge is -2.18. The summed E-state index contributed by atoms with van der Waals surface area (Å²) in [4.78, 5) is 14.7. The predicted octanol–water partition coefficient (Wildman–Crippen LogP) is 4.83. The van der Waals surface area contributed by atoms with Gasteiger partial charge in [0.2, 0.25) is 0 Å². The number of amides is 1. The predicted molar refractivity (Wildman–Crippen MR) is 111 cm³/mol. The Balaban J connectivity index is 1.60. The summed E-state index contributed by atoms with van der Waals surface area (Å²) >= 11 is 14.6. The van der Waals surface area contributed by atoms with Crippen molar-refractivity contribution in [3.8, 4) is 0 Å². The first-order valence-electron chi connectivity index (χ1n) is 7.95. The number of carbonyl (C=O) groups is 1. The van der Waals surface area contributed by atoms with E-state index in [0.717, 1.165) is 23.2 Å². The zero-order chi connectivity index (χ0) is 17.8. The molecule has 3 rings (SSSR count). The number of anilines is 2. The maximum atomic E-state index is 12.3. The van der Waals surface area contributed by atoms with Gasteiger partial charge in [0.15, 0.2) is 5.11 Å². The fourth-order valence-corrected chi connectivity index (χ4v) is 3.51. The van der Waals surface area contributed by atoms with Crippen LogP contribution in [-0.4, -0.2) is 24.1 Å². The van der Waals surface area contributed by atoms with Crippen molar-refractivity contribution in [2.75, 3.05) is 23.3 Å². The fourth-order valence-electron chi connectivity index (χ4n) is 2.74. The Morgan fingerprint density at radius 2 is 1.80 bits per heavy atom. The summed E-state index contributed by atoms with van der Waals surface area (Å²) in [5.41, 5.74) is 2.40. The summed E-state index contributed by atoms with van der Waals surface area (Å²) in [5, 5.41) is 6.27. The zero-order valence-electron chi connectivity index (χ0n) is 13.4. The van der Waals surface area contributed by atoms with Gasteiger partial charge in [0, 0.05) is 28.9 Å². The second-order valence-electron chi connectivity index (χ2n) is 5.77. The summed E-state index contributed by atoms with van der Waals surface area (Å²) in [6.45, 7) is 2.21. The number of nitrogens with one attached hydrogen (secondary N) is 2. The van der Waals surface area contributed by atoms with E-state index in [1.807, 2.05) is 12.1 Å². The third-order valence-corrected chi connectivity index (χ3v) is 5.02. The van der Waals surface area contributed by atoms with Crippen LogP contribution in [0.3, 0.4) is 0 Å². The number of rotatable bonds is 3. The van der Waals surface area contributed by atoms with Crippen molar-refractivity contribution in [1.82, 2.24) is 5.32 Å². The van der Waals surface area contributed by atoms with Crippen LogP contribution in [-0.2, 0) is 0 Å². The highest BCUT2D eigenvalue weighted by Crippen LogP contribution is 2.23. The first-order valence-corrected chi connectivity index (χ1v) is 9.53. The number of nitrogens with zero attached hydrogens (tertiary/aromatic N) is 1. The van der Waals surface area contributed by atoms with E-state index >= 15 is 0 Å². The lowest BCUT2D eigenvalue weighted by atomic mass is 10.2. The molecule has 2 N–H and O–H groups in total. The molecule has 0 bridgehead atoms. The number of hydrogen-bond donors (Lipinski definition) is 2. The zero-order valence-corrected chi connectivity index (χ0v) is 16.5. The van der Waals surface area contributed by atoms with Gasteiger partial charge in [0.05, 0.1) is 10.6 Å². The third kappa shape index (κ3) is 4.71. The summed E-state index contributed by atoms with van der Waals surface area (Å²) < 4.78 is 0.776. The van der Waals surface area contributed by atoms with Gasteiger partial charge in [-0.1, -0.05) is 27.5 Å². The molecule has 1 saturated heterocycles. The van der Waals surface area contributed by atoms with Crippen molar-refractivity contribution in [2.24, 2.45) is 0 Å². The highest BCUT2D eigenvalue weighted by Gasteiger charge is 2.14. The summed E-state index contributed by atoms with van der Waals surface area (Å²) in [7, 11) is 0. The molecule has 7 heteroatoms. The van der Waals surface area contributed by atoms with Crippen LogP contribution in [0.2, 0.25) is 5.02 Å². The lowest BCUT2D eigenvalue weighted by molar-refractivity contribution is 0.0978. The molecule has 2 aromatic carbocycles. The first kappa shape index (κ1) is 18.2. The van der Waals surface area contributed by atoms with Crippen LogP contribution in [0.15, 0.2) is 46.9 Å². The van der Waals surface area contributed by atoms with Gasteiger partial charge in [0.1, 0.15) is 0 Å². The summed E-state index contributed by atoms with van der Waals surface area (Å²) in [6, 6.07) is 13.1. The van der Waals surface area contributed by atoms with Gasteiger partial charge in [-0.05, 0) is 67.5 Å². The molecule has 130 valence electrons. The second kappa shape index (κ2) is 8.17. The number of hydrogen-bond acceptors (Lipinski definition) is 3. The van der Waals surface area contributed by atoms with Gasteiger partial charge < -0.3 is 10.2 Å². The van der Waals surface area contributed by atoms with Gasteiger partial charge in [-0.25, -0.2) is 0 Å². The minimum Gasteiger partial charge on any atom is -0.372 e. The largest absolute Gasteiger partial charge is 0.372 e. The quantitative estimate of drug-likeness (QED) is 0.674. The van der Waals surface area contributed by atoms with Crippen molar-refractivity contribution in [3.05, 3.63) is 57.5 Å². The molecule has 1 fully saturated rings. The van der Waals surface area contributed by atoms with Crippen molar-refractivity contribution >= 4 is 62.1 Å². The Morgan fingerprint density at radius 1 is 1.12 bits per heavy atom. The van der Waals surface area contributed by atoms with Crippen molar-refractivity contribution < 1.29 is 4.79 Å². The van der Waals surface area contributed by atoms with Gasteiger partial charge in [0.25, 0.3) is 5.91 Å². The van der Waals surface area contributed by atoms with E-state index in [4.69, 9.17) is 23.8 Å². The molecule has 0 saturated carbocycles. The molecule has 0 spiro atoms. The van der Waals surface area contributed by atoms with Crippen LogP contribution in [0.5, 0.6) is 0 Å². The maximum absolute atomic E-state index is 12.3.